The number of halogens is 1. The van der Waals surface area contributed by atoms with Gasteiger partial charge >= 0.3 is 0 Å². The van der Waals surface area contributed by atoms with Crippen molar-refractivity contribution in [2.45, 2.75) is 13.5 Å². The Bertz CT molecular complexity index is 387. The van der Waals surface area contributed by atoms with Crippen LogP contribution in [0.2, 0.25) is 5.15 Å². The average molecular weight is 255 g/mol. The summed E-state index contributed by atoms with van der Waals surface area (Å²) < 4.78 is 0. The molecule has 0 radical (unpaired) electrons. The molecule has 1 saturated heterocycles. The van der Waals surface area contributed by atoms with E-state index in [0.717, 1.165) is 38.4 Å². The van der Waals surface area contributed by atoms with E-state index >= 15 is 0 Å². The molecule has 2 rings (SSSR count). The van der Waals surface area contributed by atoms with Crippen molar-refractivity contribution >= 4 is 17.5 Å². The molecule has 1 aromatic heterocycles. The SMILES string of the molecule is CC(=O)N1CCN(Cc2ccc(Cl)nn2)CC1. The smallest absolute Gasteiger partial charge is 0.219 e. The van der Waals surface area contributed by atoms with E-state index in [-0.39, 0.29) is 5.91 Å². The van der Waals surface area contributed by atoms with E-state index in [1.54, 1.807) is 13.0 Å². The Balaban J connectivity index is 1.85. The van der Waals surface area contributed by atoms with E-state index < -0.39 is 0 Å². The molecule has 0 saturated carbocycles. The van der Waals surface area contributed by atoms with Crippen molar-refractivity contribution in [1.82, 2.24) is 20.0 Å². The number of hydrogen-bond acceptors (Lipinski definition) is 4. The highest BCUT2D eigenvalue weighted by molar-refractivity contribution is 6.29. The van der Waals surface area contributed by atoms with Crippen molar-refractivity contribution in [3.63, 3.8) is 0 Å². The predicted octanol–water partition coefficient (Wildman–Crippen LogP) is 0.794. The topological polar surface area (TPSA) is 49.3 Å². The van der Waals surface area contributed by atoms with Gasteiger partial charge < -0.3 is 4.90 Å². The maximum atomic E-state index is 11.2. The Morgan fingerprint density at radius 3 is 2.53 bits per heavy atom. The van der Waals surface area contributed by atoms with E-state index in [9.17, 15) is 4.79 Å². The van der Waals surface area contributed by atoms with E-state index in [4.69, 9.17) is 11.6 Å². The van der Waals surface area contributed by atoms with Gasteiger partial charge in [-0.15, -0.1) is 5.10 Å². The Morgan fingerprint density at radius 1 is 1.29 bits per heavy atom. The normalized spacial score (nSPS) is 17.2. The highest BCUT2D eigenvalue weighted by Crippen LogP contribution is 2.08. The van der Waals surface area contributed by atoms with Gasteiger partial charge in [-0.1, -0.05) is 11.6 Å². The molecule has 92 valence electrons. The van der Waals surface area contributed by atoms with Gasteiger partial charge in [0, 0.05) is 39.6 Å². The van der Waals surface area contributed by atoms with Crippen LogP contribution >= 0.6 is 11.6 Å². The zero-order valence-corrected chi connectivity index (χ0v) is 10.5. The van der Waals surface area contributed by atoms with Crippen molar-refractivity contribution in [2.24, 2.45) is 0 Å². The van der Waals surface area contributed by atoms with Crippen LogP contribution in [0, 0.1) is 0 Å². The summed E-state index contributed by atoms with van der Waals surface area (Å²) >= 11 is 5.68. The fourth-order valence-electron chi connectivity index (χ4n) is 1.88. The Morgan fingerprint density at radius 2 is 2.00 bits per heavy atom. The van der Waals surface area contributed by atoms with E-state index in [1.165, 1.54) is 0 Å². The van der Waals surface area contributed by atoms with Gasteiger partial charge in [-0.2, -0.15) is 5.10 Å². The van der Waals surface area contributed by atoms with E-state index in [2.05, 4.69) is 15.1 Å². The highest BCUT2D eigenvalue weighted by atomic mass is 35.5. The van der Waals surface area contributed by atoms with Crippen LogP contribution in [0.4, 0.5) is 0 Å². The summed E-state index contributed by atoms with van der Waals surface area (Å²) in [7, 11) is 0. The second-order valence-electron chi connectivity index (χ2n) is 4.13. The predicted molar refractivity (Wildman–Crippen MR) is 64.6 cm³/mol. The summed E-state index contributed by atoms with van der Waals surface area (Å²) in [5, 5.41) is 8.25. The highest BCUT2D eigenvalue weighted by Gasteiger charge is 2.18. The third kappa shape index (κ3) is 3.38. The van der Waals surface area contributed by atoms with Crippen molar-refractivity contribution in [3.05, 3.63) is 23.0 Å². The third-order valence-corrected chi connectivity index (χ3v) is 3.09. The van der Waals surface area contributed by atoms with Gasteiger partial charge in [0.25, 0.3) is 0 Å². The minimum Gasteiger partial charge on any atom is -0.340 e. The van der Waals surface area contributed by atoms with Crippen LogP contribution in [-0.2, 0) is 11.3 Å². The van der Waals surface area contributed by atoms with Gasteiger partial charge in [-0.3, -0.25) is 9.69 Å². The summed E-state index contributed by atoms with van der Waals surface area (Å²) in [5.41, 5.74) is 0.908. The maximum Gasteiger partial charge on any atom is 0.219 e. The third-order valence-electron chi connectivity index (χ3n) is 2.89. The van der Waals surface area contributed by atoms with Gasteiger partial charge in [-0.25, -0.2) is 0 Å². The summed E-state index contributed by atoms with van der Waals surface area (Å²) in [5.74, 6) is 0.149. The Kier molecular flexibility index (Phi) is 3.91. The van der Waals surface area contributed by atoms with Gasteiger partial charge in [0.05, 0.1) is 5.69 Å². The standard InChI is InChI=1S/C11H15ClN4O/c1-9(17)16-6-4-15(5-7-16)8-10-2-3-11(12)14-13-10/h2-3H,4-8H2,1H3. The van der Waals surface area contributed by atoms with Crippen LogP contribution < -0.4 is 0 Å². The summed E-state index contributed by atoms with van der Waals surface area (Å²) in [4.78, 5) is 15.3. The molecule has 2 heterocycles. The van der Waals surface area contributed by atoms with Crippen LogP contribution in [0.15, 0.2) is 12.1 Å². The summed E-state index contributed by atoms with van der Waals surface area (Å²) in [6.45, 7) is 5.71. The van der Waals surface area contributed by atoms with Crippen molar-refractivity contribution < 1.29 is 4.79 Å². The number of carbonyl (C=O) groups excluding carboxylic acids is 1. The molecule has 0 spiro atoms. The minimum absolute atomic E-state index is 0.149. The molecule has 0 aromatic carbocycles. The molecule has 0 N–H and O–H groups in total. The van der Waals surface area contributed by atoms with E-state index in [1.807, 2.05) is 11.0 Å². The molecule has 1 aromatic rings. The van der Waals surface area contributed by atoms with Gasteiger partial charge in [0.1, 0.15) is 0 Å². The molecular formula is C11H15ClN4O. The van der Waals surface area contributed by atoms with Gasteiger partial charge in [0.15, 0.2) is 5.15 Å². The first-order chi connectivity index (χ1) is 8.15. The molecule has 1 aliphatic heterocycles. The minimum atomic E-state index is 0.149. The molecule has 0 unspecified atom stereocenters. The summed E-state index contributed by atoms with van der Waals surface area (Å²) in [6.07, 6.45) is 0. The number of hydrogen-bond donors (Lipinski definition) is 0. The molecule has 5 nitrogen and oxygen atoms in total. The Labute approximate surface area is 105 Å². The molecular weight excluding hydrogens is 240 g/mol. The molecule has 0 aliphatic carbocycles. The largest absolute Gasteiger partial charge is 0.340 e. The maximum absolute atomic E-state index is 11.2. The zero-order valence-electron chi connectivity index (χ0n) is 9.77. The number of rotatable bonds is 2. The van der Waals surface area contributed by atoms with Crippen LogP contribution in [-0.4, -0.2) is 52.1 Å². The lowest BCUT2D eigenvalue weighted by Crippen LogP contribution is -2.47. The first-order valence-corrected chi connectivity index (χ1v) is 5.99. The lowest BCUT2D eigenvalue weighted by atomic mass is 10.3. The first-order valence-electron chi connectivity index (χ1n) is 5.61. The van der Waals surface area contributed by atoms with Crippen LogP contribution in [0.3, 0.4) is 0 Å². The molecule has 17 heavy (non-hydrogen) atoms. The number of amides is 1. The number of aromatic nitrogens is 2. The van der Waals surface area contributed by atoms with Gasteiger partial charge in [-0.05, 0) is 12.1 Å². The van der Waals surface area contributed by atoms with Crippen molar-refractivity contribution in [2.75, 3.05) is 26.2 Å². The average Bonchev–Trinajstić information content (AvgIpc) is 2.33. The molecule has 1 amide bonds. The lowest BCUT2D eigenvalue weighted by molar-refractivity contribution is -0.130. The molecule has 0 atom stereocenters. The van der Waals surface area contributed by atoms with Crippen LogP contribution in [0.1, 0.15) is 12.6 Å². The number of carbonyl (C=O) groups is 1. The number of piperazine rings is 1. The fourth-order valence-corrected chi connectivity index (χ4v) is 1.98. The van der Waals surface area contributed by atoms with Crippen molar-refractivity contribution in [1.29, 1.82) is 0 Å². The second kappa shape index (κ2) is 5.42. The molecule has 6 heteroatoms. The first kappa shape index (κ1) is 12.3. The molecule has 1 fully saturated rings. The second-order valence-corrected chi connectivity index (χ2v) is 4.52. The summed E-state index contributed by atoms with van der Waals surface area (Å²) in [6, 6.07) is 3.63. The quantitative estimate of drug-likeness (QED) is 0.783. The van der Waals surface area contributed by atoms with Crippen molar-refractivity contribution in [3.8, 4) is 0 Å². The van der Waals surface area contributed by atoms with Crippen LogP contribution in [0.25, 0.3) is 0 Å². The lowest BCUT2D eigenvalue weighted by Gasteiger charge is -2.33. The van der Waals surface area contributed by atoms with Crippen LogP contribution in [0.5, 0.6) is 0 Å². The molecule has 1 aliphatic rings. The zero-order chi connectivity index (χ0) is 12.3. The fraction of sp³-hybridized carbons (Fsp3) is 0.545. The molecule has 0 bridgehead atoms. The number of nitrogens with zero attached hydrogens (tertiary/aromatic N) is 4. The monoisotopic (exact) mass is 254 g/mol. The van der Waals surface area contributed by atoms with Gasteiger partial charge in [0.2, 0.25) is 5.91 Å². The Hall–Kier alpha value is -1.20. The van der Waals surface area contributed by atoms with E-state index in [0.29, 0.717) is 5.15 Å².